The molecule has 0 radical (unpaired) electrons. The highest BCUT2D eigenvalue weighted by atomic mass is 16.3. The number of anilines is 1. The standard InChI is InChI=1S/C13H18N2O3/c1-9(16)6-7-14-13(18)15-12-5-3-4-11(8-12)10(2)17/h3-5,8-9,16H,6-7H2,1-2H3,(H2,14,15,18). The largest absolute Gasteiger partial charge is 0.393 e. The fourth-order valence-corrected chi connectivity index (χ4v) is 1.39. The number of carbonyl (C=O) groups is 2. The number of rotatable bonds is 5. The Morgan fingerprint density at radius 1 is 1.39 bits per heavy atom. The number of amides is 2. The zero-order valence-corrected chi connectivity index (χ0v) is 10.6. The Morgan fingerprint density at radius 2 is 2.11 bits per heavy atom. The Morgan fingerprint density at radius 3 is 2.72 bits per heavy atom. The number of nitrogens with one attached hydrogen (secondary N) is 2. The van der Waals surface area contributed by atoms with Crippen molar-refractivity contribution in [3.63, 3.8) is 0 Å². The number of hydrogen-bond donors (Lipinski definition) is 3. The second kappa shape index (κ2) is 6.76. The van der Waals surface area contributed by atoms with E-state index in [2.05, 4.69) is 10.6 Å². The Hall–Kier alpha value is -1.88. The van der Waals surface area contributed by atoms with Gasteiger partial charge in [0.1, 0.15) is 0 Å². The number of urea groups is 1. The lowest BCUT2D eigenvalue weighted by molar-refractivity contribution is 0.101. The minimum Gasteiger partial charge on any atom is -0.393 e. The quantitative estimate of drug-likeness (QED) is 0.697. The van der Waals surface area contributed by atoms with E-state index in [0.29, 0.717) is 24.2 Å². The van der Waals surface area contributed by atoms with Crippen LogP contribution < -0.4 is 10.6 Å². The highest BCUT2D eigenvalue weighted by Gasteiger charge is 2.04. The molecule has 3 N–H and O–H groups in total. The summed E-state index contributed by atoms with van der Waals surface area (Å²) in [6.45, 7) is 3.54. The number of aliphatic hydroxyl groups is 1. The maximum Gasteiger partial charge on any atom is 0.319 e. The average Bonchev–Trinajstić information content (AvgIpc) is 2.28. The SMILES string of the molecule is CC(=O)c1cccc(NC(=O)NCCC(C)O)c1. The topological polar surface area (TPSA) is 78.4 Å². The van der Waals surface area contributed by atoms with Crippen molar-refractivity contribution in [2.45, 2.75) is 26.4 Å². The number of hydrogen-bond acceptors (Lipinski definition) is 3. The molecule has 5 heteroatoms. The minimum atomic E-state index is -0.439. The summed E-state index contributed by atoms with van der Waals surface area (Å²) in [5.41, 5.74) is 1.12. The second-order valence-corrected chi connectivity index (χ2v) is 4.16. The molecule has 0 aliphatic carbocycles. The van der Waals surface area contributed by atoms with Gasteiger partial charge < -0.3 is 15.7 Å². The molecule has 0 saturated carbocycles. The van der Waals surface area contributed by atoms with Crippen LogP contribution in [0.25, 0.3) is 0 Å². The van der Waals surface area contributed by atoms with Crippen LogP contribution in [0.15, 0.2) is 24.3 Å². The molecular weight excluding hydrogens is 232 g/mol. The molecule has 1 atom stereocenters. The molecular formula is C13H18N2O3. The minimum absolute atomic E-state index is 0.0480. The van der Waals surface area contributed by atoms with Crippen LogP contribution in [0.1, 0.15) is 30.6 Å². The van der Waals surface area contributed by atoms with E-state index >= 15 is 0 Å². The molecule has 18 heavy (non-hydrogen) atoms. The first kappa shape index (κ1) is 14.2. The normalized spacial score (nSPS) is 11.7. The molecule has 1 aromatic rings. The van der Waals surface area contributed by atoms with E-state index in [9.17, 15) is 9.59 Å². The van der Waals surface area contributed by atoms with Crippen LogP contribution in [0.4, 0.5) is 10.5 Å². The van der Waals surface area contributed by atoms with E-state index in [-0.39, 0.29) is 11.8 Å². The third-order valence-electron chi connectivity index (χ3n) is 2.37. The molecule has 0 heterocycles. The van der Waals surface area contributed by atoms with E-state index < -0.39 is 6.10 Å². The van der Waals surface area contributed by atoms with Crippen molar-refractivity contribution < 1.29 is 14.7 Å². The predicted molar refractivity (Wildman–Crippen MR) is 69.8 cm³/mol. The highest BCUT2D eigenvalue weighted by molar-refractivity contribution is 5.96. The third-order valence-corrected chi connectivity index (χ3v) is 2.37. The Balaban J connectivity index is 2.49. The van der Waals surface area contributed by atoms with Gasteiger partial charge in [0.2, 0.25) is 0 Å². The van der Waals surface area contributed by atoms with Crippen LogP contribution in [-0.2, 0) is 0 Å². The van der Waals surface area contributed by atoms with Crippen LogP contribution in [0.3, 0.4) is 0 Å². The number of Topliss-reactive ketones (excluding diaryl/α,β-unsaturated/α-hetero) is 1. The van der Waals surface area contributed by atoms with E-state index in [1.807, 2.05) is 0 Å². The lowest BCUT2D eigenvalue weighted by Gasteiger charge is -2.09. The molecule has 2 amide bonds. The molecule has 98 valence electrons. The maximum absolute atomic E-state index is 11.5. The van der Waals surface area contributed by atoms with Gasteiger partial charge in [0.25, 0.3) is 0 Å². The van der Waals surface area contributed by atoms with Crippen molar-refractivity contribution >= 4 is 17.5 Å². The molecule has 5 nitrogen and oxygen atoms in total. The van der Waals surface area contributed by atoms with Gasteiger partial charge >= 0.3 is 6.03 Å². The number of ketones is 1. The summed E-state index contributed by atoms with van der Waals surface area (Å²) in [5, 5.41) is 14.3. The maximum atomic E-state index is 11.5. The molecule has 1 unspecified atom stereocenters. The fourth-order valence-electron chi connectivity index (χ4n) is 1.39. The Kier molecular flexibility index (Phi) is 5.32. The van der Waals surface area contributed by atoms with E-state index in [0.717, 1.165) is 0 Å². The molecule has 0 bridgehead atoms. The van der Waals surface area contributed by atoms with Gasteiger partial charge in [0.15, 0.2) is 5.78 Å². The van der Waals surface area contributed by atoms with Gasteiger partial charge in [-0.15, -0.1) is 0 Å². The first-order valence-electron chi connectivity index (χ1n) is 5.83. The lowest BCUT2D eigenvalue weighted by Crippen LogP contribution is -2.30. The third kappa shape index (κ3) is 4.97. The van der Waals surface area contributed by atoms with Crippen molar-refractivity contribution in [3.8, 4) is 0 Å². The van der Waals surface area contributed by atoms with Gasteiger partial charge in [0, 0.05) is 17.8 Å². The summed E-state index contributed by atoms with van der Waals surface area (Å²) in [7, 11) is 0. The smallest absolute Gasteiger partial charge is 0.319 e. The van der Waals surface area contributed by atoms with Gasteiger partial charge in [0.05, 0.1) is 6.10 Å². The predicted octanol–water partition coefficient (Wildman–Crippen LogP) is 1.78. The summed E-state index contributed by atoms with van der Waals surface area (Å²) in [6, 6.07) is 6.38. The van der Waals surface area contributed by atoms with E-state index in [1.54, 1.807) is 31.2 Å². The molecule has 0 fully saturated rings. The molecule has 0 aliphatic heterocycles. The van der Waals surface area contributed by atoms with Gasteiger partial charge in [-0.05, 0) is 32.4 Å². The van der Waals surface area contributed by atoms with Crippen LogP contribution in [0.5, 0.6) is 0 Å². The number of aliphatic hydroxyl groups excluding tert-OH is 1. The molecule has 1 rings (SSSR count). The molecule has 0 saturated heterocycles. The van der Waals surface area contributed by atoms with Crippen molar-refractivity contribution in [2.75, 3.05) is 11.9 Å². The van der Waals surface area contributed by atoms with E-state index in [4.69, 9.17) is 5.11 Å². The van der Waals surface area contributed by atoms with Crippen LogP contribution >= 0.6 is 0 Å². The van der Waals surface area contributed by atoms with Gasteiger partial charge in [-0.25, -0.2) is 4.79 Å². The summed E-state index contributed by atoms with van der Waals surface area (Å²) in [5.74, 6) is -0.0480. The van der Waals surface area contributed by atoms with Crippen molar-refractivity contribution in [2.24, 2.45) is 0 Å². The Labute approximate surface area is 106 Å². The zero-order chi connectivity index (χ0) is 13.5. The first-order valence-corrected chi connectivity index (χ1v) is 5.83. The van der Waals surface area contributed by atoms with Crippen molar-refractivity contribution in [3.05, 3.63) is 29.8 Å². The molecule has 0 aliphatic rings. The summed E-state index contributed by atoms with van der Waals surface area (Å²) in [4.78, 5) is 22.7. The average molecular weight is 250 g/mol. The van der Waals surface area contributed by atoms with Gasteiger partial charge in [-0.2, -0.15) is 0 Å². The summed E-state index contributed by atoms with van der Waals surface area (Å²) < 4.78 is 0. The number of carbonyl (C=O) groups excluding carboxylic acids is 2. The zero-order valence-electron chi connectivity index (χ0n) is 10.6. The molecule has 0 aromatic heterocycles. The van der Waals surface area contributed by atoms with Crippen molar-refractivity contribution in [1.82, 2.24) is 5.32 Å². The fraction of sp³-hybridized carbons (Fsp3) is 0.385. The first-order chi connectivity index (χ1) is 8.49. The monoisotopic (exact) mass is 250 g/mol. The van der Waals surface area contributed by atoms with Crippen LogP contribution in [0, 0.1) is 0 Å². The van der Waals surface area contributed by atoms with Crippen molar-refractivity contribution in [1.29, 1.82) is 0 Å². The molecule has 0 spiro atoms. The van der Waals surface area contributed by atoms with Gasteiger partial charge in [-0.1, -0.05) is 12.1 Å². The van der Waals surface area contributed by atoms with Gasteiger partial charge in [-0.3, -0.25) is 4.79 Å². The summed E-state index contributed by atoms with van der Waals surface area (Å²) in [6.07, 6.45) is 0.0623. The van der Waals surface area contributed by atoms with Crippen LogP contribution in [0.2, 0.25) is 0 Å². The summed E-state index contributed by atoms with van der Waals surface area (Å²) >= 11 is 0. The van der Waals surface area contributed by atoms with E-state index in [1.165, 1.54) is 6.92 Å². The Bertz CT molecular complexity index is 430. The number of benzene rings is 1. The second-order valence-electron chi connectivity index (χ2n) is 4.16. The lowest BCUT2D eigenvalue weighted by atomic mass is 10.1. The highest BCUT2D eigenvalue weighted by Crippen LogP contribution is 2.10. The molecule has 1 aromatic carbocycles. The van der Waals surface area contributed by atoms with Crippen LogP contribution in [-0.4, -0.2) is 29.6 Å².